The lowest BCUT2D eigenvalue weighted by molar-refractivity contribution is -0.123. The molecule has 0 aromatic heterocycles. The van der Waals surface area contributed by atoms with Gasteiger partial charge >= 0.3 is 0 Å². The average molecular weight is 697 g/mol. The first-order valence-electron chi connectivity index (χ1n) is 10.5. The molecule has 8 heteroatoms. The minimum atomic E-state index is -0.295. The van der Waals surface area contributed by atoms with Crippen LogP contribution in [0, 0.1) is 14.1 Å². The number of nitrogens with zero attached hydrogens (tertiary/aromatic N) is 1. The maximum Gasteiger partial charge on any atom is 0.293 e. The summed E-state index contributed by atoms with van der Waals surface area (Å²) in [5, 5.41) is -0.282. The van der Waals surface area contributed by atoms with Gasteiger partial charge in [0.25, 0.3) is 11.1 Å². The van der Waals surface area contributed by atoms with Crippen LogP contribution in [0.4, 0.5) is 4.79 Å². The summed E-state index contributed by atoms with van der Waals surface area (Å²) in [6.45, 7) is 3.00. The number of carbonyl (C=O) groups is 2. The summed E-state index contributed by atoms with van der Waals surface area (Å²) in [5.74, 6) is 1.22. The Morgan fingerprint density at radius 2 is 1.68 bits per heavy atom. The van der Waals surface area contributed by atoms with Crippen LogP contribution in [-0.2, 0) is 11.4 Å². The molecule has 1 saturated heterocycles. The van der Waals surface area contributed by atoms with Gasteiger partial charge in [-0.15, -0.1) is 0 Å². The molecule has 3 aromatic rings. The quantitative estimate of drug-likeness (QED) is 0.190. The molecule has 0 radical (unpaired) electrons. The first kappa shape index (κ1) is 25.1. The number of imide groups is 1. The fourth-order valence-electron chi connectivity index (χ4n) is 3.37. The predicted octanol–water partition coefficient (Wildman–Crippen LogP) is 6.90. The van der Waals surface area contributed by atoms with Crippen molar-refractivity contribution in [2.75, 3.05) is 13.2 Å². The summed E-state index contributed by atoms with van der Waals surface area (Å²) in [5.41, 5.74) is 3.16. The molecule has 1 heterocycles. The molecule has 0 atom stereocenters. The Labute approximate surface area is 230 Å². The number of amides is 2. The van der Waals surface area contributed by atoms with Crippen molar-refractivity contribution in [3.05, 3.63) is 95.5 Å². The maximum atomic E-state index is 12.8. The third kappa shape index (κ3) is 6.33. The van der Waals surface area contributed by atoms with Crippen LogP contribution in [0.15, 0.2) is 71.6 Å². The van der Waals surface area contributed by atoms with E-state index in [4.69, 9.17) is 9.47 Å². The average Bonchev–Trinajstić information content (AvgIpc) is 3.06. The molecular formula is C26H21I2NO4S. The van der Waals surface area contributed by atoms with Gasteiger partial charge in [0.05, 0.1) is 18.6 Å². The Hall–Kier alpha value is -2.05. The molecular weight excluding hydrogens is 676 g/mol. The second-order valence-electron chi connectivity index (χ2n) is 7.59. The van der Waals surface area contributed by atoms with Crippen LogP contribution < -0.4 is 9.47 Å². The second kappa shape index (κ2) is 11.6. The molecule has 0 N–H and O–H groups in total. The largest absolute Gasteiger partial charge is 0.492 e. The van der Waals surface area contributed by atoms with E-state index in [1.54, 1.807) is 6.08 Å². The molecule has 34 heavy (non-hydrogen) atoms. The fourth-order valence-corrected chi connectivity index (χ4v) is 6.37. The third-order valence-electron chi connectivity index (χ3n) is 4.98. The first-order valence-corrected chi connectivity index (χ1v) is 13.5. The minimum Gasteiger partial charge on any atom is -0.492 e. The van der Waals surface area contributed by atoms with Crippen LogP contribution in [0.1, 0.15) is 16.7 Å². The summed E-state index contributed by atoms with van der Waals surface area (Å²) in [7, 11) is 0. The molecule has 0 spiro atoms. The highest BCUT2D eigenvalue weighted by molar-refractivity contribution is 14.1. The number of aryl methyl sites for hydroxylation is 1. The molecule has 5 nitrogen and oxygen atoms in total. The van der Waals surface area contributed by atoms with Crippen molar-refractivity contribution in [2.45, 2.75) is 13.5 Å². The van der Waals surface area contributed by atoms with E-state index in [2.05, 4.69) is 64.2 Å². The number of hydrogen-bond acceptors (Lipinski definition) is 5. The van der Waals surface area contributed by atoms with Gasteiger partial charge in [-0.3, -0.25) is 14.5 Å². The van der Waals surface area contributed by atoms with Gasteiger partial charge in [0.1, 0.15) is 24.7 Å². The molecule has 0 saturated carbocycles. The SMILES string of the molecule is Cc1cccc(COc2c(I)cc(/C=C3\SC(=O)N(CCOc4ccccc4)C3=O)cc2I)c1. The van der Waals surface area contributed by atoms with Gasteiger partial charge < -0.3 is 9.47 Å². The molecule has 0 bridgehead atoms. The van der Waals surface area contributed by atoms with Gasteiger partial charge in [0, 0.05) is 0 Å². The first-order chi connectivity index (χ1) is 16.4. The van der Waals surface area contributed by atoms with E-state index in [1.165, 1.54) is 10.5 Å². The van der Waals surface area contributed by atoms with Crippen LogP contribution in [0.3, 0.4) is 0 Å². The summed E-state index contributed by atoms with van der Waals surface area (Å²) < 4.78 is 13.6. The molecule has 0 aliphatic carbocycles. The van der Waals surface area contributed by atoms with E-state index in [9.17, 15) is 9.59 Å². The van der Waals surface area contributed by atoms with Crippen molar-refractivity contribution < 1.29 is 19.1 Å². The van der Waals surface area contributed by atoms with Crippen LogP contribution in [0.2, 0.25) is 0 Å². The summed E-state index contributed by atoms with van der Waals surface area (Å²) in [4.78, 5) is 26.9. The number of carbonyl (C=O) groups excluding carboxylic acids is 2. The van der Waals surface area contributed by atoms with Crippen LogP contribution >= 0.6 is 56.9 Å². The van der Waals surface area contributed by atoms with Gasteiger partial charge in [-0.1, -0.05) is 48.0 Å². The number of para-hydroxylation sites is 1. The van der Waals surface area contributed by atoms with Crippen molar-refractivity contribution in [3.8, 4) is 11.5 Å². The molecule has 1 fully saturated rings. The van der Waals surface area contributed by atoms with Crippen LogP contribution in [0.5, 0.6) is 11.5 Å². The molecule has 3 aromatic carbocycles. The van der Waals surface area contributed by atoms with Gasteiger partial charge in [0.15, 0.2) is 0 Å². The highest BCUT2D eigenvalue weighted by atomic mass is 127. The van der Waals surface area contributed by atoms with Gasteiger partial charge in [-0.25, -0.2) is 0 Å². The molecule has 4 rings (SSSR count). The lowest BCUT2D eigenvalue weighted by atomic mass is 10.1. The number of halogens is 2. The predicted molar refractivity (Wildman–Crippen MR) is 152 cm³/mol. The fraction of sp³-hybridized carbons (Fsp3) is 0.154. The van der Waals surface area contributed by atoms with E-state index in [0.29, 0.717) is 17.3 Å². The van der Waals surface area contributed by atoms with Crippen LogP contribution in [-0.4, -0.2) is 29.2 Å². The van der Waals surface area contributed by atoms with E-state index in [0.717, 1.165) is 35.8 Å². The molecule has 0 unspecified atom stereocenters. The Bertz CT molecular complexity index is 1220. The van der Waals surface area contributed by atoms with E-state index in [-0.39, 0.29) is 24.3 Å². The normalized spacial score (nSPS) is 14.7. The molecule has 1 aliphatic rings. The molecule has 174 valence electrons. The number of ether oxygens (including phenoxy) is 2. The summed E-state index contributed by atoms with van der Waals surface area (Å²) in [6, 6.07) is 21.5. The smallest absolute Gasteiger partial charge is 0.293 e. The van der Waals surface area contributed by atoms with Crippen molar-refractivity contribution >= 4 is 74.2 Å². The second-order valence-corrected chi connectivity index (χ2v) is 10.9. The van der Waals surface area contributed by atoms with Crippen molar-refractivity contribution in [3.63, 3.8) is 0 Å². The summed E-state index contributed by atoms with van der Waals surface area (Å²) in [6.07, 6.45) is 1.76. The zero-order chi connectivity index (χ0) is 24.1. The van der Waals surface area contributed by atoms with E-state index < -0.39 is 0 Å². The Morgan fingerprint density at radius 1 is 0.941 bits per heavy atom. The highest BCUT2D eigenvalue weighted by Gasteiger charge is 2.34. The van der Waals surface area contributed by atoms with Gasteiger partial charge in [-0.05, 0) is 105 Å². The zero-order valence-corrected chi connectivity index (χ0v) is 23.4. The topological polar surface area (TPSA) is 55.8 Å². The van der Waals surface area contributed by atoms with Gasteiger partial charge in [0.2, 0.25) is 0 Å². The number of hydrogen-bond donors (Lipinski definition) is 0. The van der Waals surface area contributed by atoms with Crippen molar-refractivity contribution in [1.29, 1.82) is 0 Å². The standard InChI is InChI=1S/C26H21I2NO4S/c1-17-6-5-7-18(12-17)16-33-24-21(27)13-19(14-22(24)28)15-23-25(30)29(26(31)34-23)10-11-32-20-8-3-2-4-9-20/h2-9,12-15H,10-11,16H2,1H3/b23-15-. The number of thioether (sulfide) groups is 1. The minimum absolute atomic E-state index is 0.206. The zero-order valence-electron chi connectivity index (χ0n) is 18.3. The van der Waals surface area contributed by atoms with E-state index >= 15 is 0 Å². The van der Waals surface area contributed by atoms with Crippen molar-refractivity contribution in [2.24, 2.45) is 0 Å². The van der Waals surface area contributed by atoms with Gasteiger partial charge in [-0.2, -0.15) is 0 Å². The van der Waals surface area contributed by atoms with E-state index in [1.807, 2.05) is 54.6 Å². The maximum absolute atomic E-state index is 12.8. The number of rotatable bonds is 8. The Kier molecular flexibility index (Phi) is 8.54. The molecule has 2 amide bonds. The summed E-state index contributed by atoms with van der Waals surface area (Å²) >= 11 is 5.43. The number of benzene rings is 3. The molecule has 1 aliphatic heterocycles. The third-order valence-corrected chi connectivity index (χ3v) is 7.49. The monoisotopic (exact) mass is 697 g/mol. The van der Waals surface area contributed by atoms with Crippen molar-refractivity contribution in [1.82, 2.24) is 4.90 Å². The Balaban J connectivity index is 1.41. The lowest BCUT2D eigenvalue weighted by Gasteiger charge is -2.13. The highest BCUT2D eigenvalue weighted by Crippen LogP contribution is 2.35. The Morgan fingerprint density at radius 3 is 2.38 bits per heavy atom. The van der Waals surface area contributed by atoms with Crippen LogP contribution in [0.25, 0.3) is 6.08 Å². The lowest BCUT2D eigenvalue weighted by Crippen LogP contribution is -2.32.